The minimum Gasteiger partial charge on any atom is -0.396 e. The summed E-state index contributed by atoms with van der Waals surface area (Å²) in [5, 5.41) is 8.95. The fraction of sp³-hybridized carbons (Fsp3) is 1.00. The van der Waals surface area contributed by atoms with Gasteiger partial charge in [-0.3, -0.25) is 0 Å². The summed E-state index contributed by atoms with van der Waals surface area (Å²) in [5.41, 5.74) is 0. The number of aliphatic hydroxyl groups is 1. The second kappa shape index (κ2) is 7.20. The predicted octanol–water partition coefficient (Wildman–Crippen LogP) is 1.51. The van der Waals surface area contributed by atoms with E-state index in [9.17, 15) is 0 Å². The highest BCUT2D eigenvalue weighted by atomic mass is 16.5. The standard InChI is InChI=1S/C12H25NO2/c1-11(6-9-15-2)13-7-3-4-12(10-13)5-8-14/h11-12,14H,3-10H2,1-2H3. The van der Waals surface area contributed by atoms with E-state index in [0.717, 1.165) is 26.0 Å². The van der Waals surface area contributed by atoms with Crippen molar-refractivity contribution >= 4 is 0 Å². The first-order chi connectivity index (χ1) is 7.27. The van der Waals surface area contributed by atoms with E-state index in [2.05, 4.69) is 11.8 Å². The number of rotatable bonds is 6. The van der Waals surface area contributed by atoms with Gasteiger partial charge in [0, 0.05) is 32.9 Å². The van der Waals surface area contributed by atoms with E-state index in [1.807, 2.05) is 0 Å². The number of ether oxygens (including phenoxy) is 1. The third-order valence-electron chi connectivity index (χ3n) is 3.45. The molecule has 3 heteroatoms. The van der Waals surface area contributed by atoms with Crippen molar-refractivity contribution in [1.82, 2.24) is 4.90 Å². The molecular weight excluding hydrogens is 190 g/mol. The molecule has 2 unspecified atom stereocenters. The molecule has 1 aliphatic rings. The molecule has 15 heavy (non-hydrogen) atoms. The number of piperidine rings is 1. The van der Waals surface area contributed by atoms with Gasteiger partial charge in [-0.15, -0.1) is 0 Å². The van der Waals surface area contributed by atoms with Crippen LogP contribution in [-0.4, -0.2) is 49.5 Å². The maximum atomic E-state index is 8.95. The highest BCUT2D eigenvalue weighted by molar-refractivity contribution is 4.76. The van der Waals surface area contributed by atoms with E-state index < -0.39 is 0 Å². The quantitative estimate of drug-likeness (QED) is 0.729. The average molecular weight is 215 g/mol. The van der Waals surface area contributed by atoms with Crippen LogP contribution in [0.5, 0.6) is 0 Å². The average Bonchev–Trinajstić information content (AvgIpc) is 2.27. The van der Waals surface area contributed by atoms with Crippen LogP contribution in [0, 0.1) is 5.92 Å². The van der Waals surface area contributed by atoms with E-state index in [1.54, 1.807) is 7.11 Å². The summed E-state index contributed by atoms with van der Waals surface area (Å²) < 4.78 is 5.11. The summed E-state index contributed by atoms with van der Waals surface area (Å²) in [5.74, 6) is 0.703. The minimum atomic E-state index is 0.338. The Bertz CT molecular complexity index is 162. The lowest BCUT2D eigenvalue weighted by atomic mass is 9.94. The van der Waals surface area contributed by atoms with E-state index in [0.29, 0.717) is 18.6 Å². The van der Waals surface area contributed by atoms with E-state index in [4.69, 9.17) is 9.84 Å². The summed E-state index contributed by atoms with van der Waals surface area (Å²) in [6.45, 7) is 5.84. The topological polar surface area (TPSA) is 32.7 Å². The Morgan fingerprint density at radius 2 is 2.33 bits per heavy atom. The number of hydrogen-bond acceptors (Lipinski definition) is 3. The molecule has 90 valence electrons. The molecular formula is C12H25NO2. The molecule has 1 saturated heterocycles. The van der Waals surface area contributed by atoms with Gasteiger partial charge in [0.1, 0.15) is 0 Å². The van der Waals surface area contributed by atoms with Gasteiger partial charge in [-0.2, -0.15) is 0 Å². The van der Waals surface area contributed by atoms with Crippen molar-refractivity contribution < 1.29 is 9.84 Å². The Morgan fingerprint density at radius 3 is 3.00 bits per heavy atom. The lowest BCUT2D eigenvalue weighted by Gasteiger charge is -2.36. The summed E-state index contributed by atoms with van der Waals surface area (Å²) in [4.78, 5) is 2.54. The van der Waals surface area contributed by atoms with E-state index in [1.165, 1.54) is 19.4 Å². The fourth-order valence-electron chi connectivity index (χ4n) is 2.39. The normalized spacial score (nSPS) is 25.4. The monoisotopic (exact) mass is 215 g/mol. The van der Waals surface area contributed by atoms with Crippen LogP contribution in [0.4, 0.5) is 0 Å². The SMILES string of the molecule is COCCC(C)N1CCCC(CCO)C1. The Morgan fingerprint density at radius 1 is 1.53 bits per heavy atom. The van der Waals surface area contributed by atoms with Gasteiger partial charge in [-0.05, 0) is 45.1 Å². The number of methoxy groups -OCH3 is 1. The van der Waals surface area contributed by atoms with Gasteiger partial charge in [0.25, 0.3) is 0 Å². The first-order valence-corrected chi connectivity index (χ1v) is 6.11. The van der Waals surface area contributed by atoms with Gasteiger partial charge in [0.2, 0.25) is 0 Å². The molecule has 1 rings (SSSR count). The van der Waals surface area contributed by atoms with Crippen LogP contribution < -0.4 is 0 Å². The molecule has 1 aliphatic heterocycles. The van der Waals surface area contributed by atoms with Crippen LogP contribution in [-0.2, 0) is 4.74 Å². The molecule has 0 bridgehead atoms. The molecule has 2 atom stereocenters. The second-order valence-electron chi connectivity index (χ2n) is 4.65. The van der Waals surface area contributed by atoms with E-state index in [-0.39, 0.29) is 0 Å². The first kappa shape index (κ1) is 12.9. The molecule has 1 fully saturated rings. The van der Waals surface area contributed by atoms with Crippen LogP contribution in [0.15, 0.2) is 0 Å². The highest BCUT2D eigenvalue weighted by Gasteiger charge is 2.22. The van der Waals surface area contributed by atoms with Crippen LogP contribution in [0.3, 0.4) is 0 Å². The summed E-state index contributed by atoms with van der Waals surface area (Å²) in [6, 6.07) is 0.617. The van der Waals surface area contributed by atoms with Crippen LogP contribution >= 0.6 is 0 Å². The van der Waals surface area contributed by atoms with Gasteiger partial charge in [0.05, 0.1) is 0 Å². The Hall–Kier alpha value is -0.120. The number of hydrogen-bond donors (Lipinski definition) is 1. The van der Waals surface area contributed by atoms with Crippen molar-refractivity contribution in [3.8, 4) is 0 Å². The smallest absolute Gasteiger partial charge is 0.0477 e. The molecule has 0 aromatic heterocycles. The molecule has 0 radical (unpaired) electrons. The Kier molecular flexibility index (Phi) is 6.22. The molecule has 1 heterocycles. The zero-order valence-corrected chi connectivity index (χ0v) is 10.1. The number of aliphatic hydroxyl groups excluding tert-OH is 1. The second-order valence-corrected chi connectivity index (χ2v) is 4.65. The summed E-state index contributed by atoms with van der Waals surface area (Å²) in [6.07, 6.45) is 4.64. The van der Waals surface area contributed by atoms with Crippen molar-refractivity contribution in [2.24, 2.45) is 5.92 Å². The van der Waals surface area contributed by atoms with Crippen molar-refractivity contribution in [3.63, 3.8) is 0 Å². The van der Waals surface area contributed by atoms with Gasteiger partial charge >= 0.3 is 0 Å². The van der Waals surface area contributed by atoms with Crippen molar-refractivity contribution in [1.29, 1.82) is 0 Å². The van der Waals surface area contributed by atoms with Gasteiger partial charge in [-0.25, -0.2) is 0 Å². The maximum Gasteiger partial charge on any atom is 0.0477 e. The molecule has 0 aliphatic carbocycles. The number of likely N-dealkylation sites (tertiary alicyclic amines) is 1. The molecule has 0 spiro atoms. The lowest BCUT2D eigenvalue weighted by Crippen LogP contribution is -2.42. The molecule has 1 N–H and O–H groups in total. The van der Waals surface area contributed by atoms with Crippen LogP contribution in [0.1, 0.15) is 32.6 Å². The molecule has 0 aromatic rings. The summed E-state index contributed by atoms with van der Waals surface area (Å²) >= 11 is 0. The lowest BCUT2D eigenvalue weighted by molar-refractivity contribution is 0.0905. The van der Waals surface area contributed by atoms with Crippen molar-refractivity contribution in [2.75, 3.05) is 33.4 Å². The van der Waals surface area contributed by atoms with Crippen molar-refractivity contribution in [2.45, 2.75) is 38.6 Å². The highest BCUT2D eigenvalue weighted by Crippen LogP contribution is 2.21. The van der Waals surface area contributed by atoms with Crippen LogP contribution in [0.25, 0.3) is 0 Å². The molecule has 0 aromatic carbocycles. The zero-order chi connectivity index (χ0) is 11.1. The van der Waals surface area contributed by atoms with Gasteiger partial charge in [0.15, 0.2) is 0 Å². The number of nitrogens with zero attached hydrogens (tertiary/aromatic N) is 1. The van der Waals surface area contributed by atoms with Gasteiger partial charge in [-0.1, -0.05) is 0 Å². The Balaban J connectivity index is 2.27. The zero-order valence-electron chi connectivity index (χ0n) is 10.1. The van der Waals surface area contributed by atoms with E-state index >= 15 is 0 Å². The third kappa shape index (κ3) is 4.49. The fourth-order valence-corrected chi connectivity index (χ4v) is 2.39. The van der Waals surface area contributed by atoms with Crippen molar-refractivity contribution in [3.05, 3.63) is 0 Å². The molecule has 0 amide bonds. The minimum absolute atomic E-state index is 0.338. The van der Waals surface area contributed by atoms with Crippen LogP contribution in [0.2, 0.25) is 0 Å². The Labute approximate surface area is 93.4 Å². The third-order valence-corrected chi connectivity index (χ3v) is 3.45. The molecule has 0 saturated carbocycles. The van der Waals surface area contributed by atoms with Gasteiger partial charge < -0.3 is 14.7 Å². The maximum absolute atomic E-state index is 8.95. The first-order valence-electron chi connectivity index (χ1n) is 6.11. The molecule has 3 nitrogen and oxygen atoms in total. The predicted molar refractivity (Wildman–Crippen MR) is 62.0 cm³/mol. The largest absolute Gasteiger partial charge is 0.396 e. The summed E-state index contributed by atoms with van der Waals surface area (Å²) in [7, 11) is 1.76.